The third kappa shape index (κ3) is 4.74. The van der Waals surface area contributed by atoms with Crippen molar-refractivity contribution in [3.63, 3.8) is 0 Å². The number of hydrogen-bond donors (Lipinski definition) is 2. The molecule has 0 aromatic carbocycles. The van der Waals surface area contributed by atoms with Crippen molar-refractivity contribution in [2.24, 2.45) is 0 Å². The quantitative estimate of drug-likeness (QED) is 0.672. The fourth-order valence-electron chi connectivity index (χ4n) is 2.02. The molecule has 0 saturated heterocycles. The summed E-state index contributed by atoms with van der Waals surface area (Å²) < 4.78 is 0. The van der Waals surface area contributed by atoms with Crippen LogP contribution in [0.5, 0.6) is 0 Å². The van der Waals surface area contributed by atoms with Gasteiger partial charge in [-0.25, -0.2) is 5.01 Å². The molecular formula is C13H29N5. The molecule has 0 spiro atoms. The lowest BCUT2D eigenvalue weighted by Crippen LogP contribution is -2.51. The van der Waals surface area contributed by atoms with E-state index in [1.807, 2.05) is 0 Å². The van der Waals surface area contributed by atoms with E-state index in [9.17, 15) is 0 Å². The Balaban J connectivity index is 2.37. The minimum Gasteiger partial charge on any atom is -0.368 e. The van der Waals surface area contributed by atoms with Crippen molar-refractivity contribution < 1.29 is 0 Å². The van der Waals surface area contributed by atoms with Crippen LogP contribution >= 0.6 is 0 Å². The molecule has 106 valence electrons. The van der Waals surface area contributed by atoms with Crippen LogP contribution in [0, 0.1) is 0 Å². The van der Waals surface area contributed by atoms with Crippen LogP contribution in [0.3, 0.4) is 0 Å². The third-order valence-electron chi connectivity index (χ3n) is 3.37. The summed E-state index contributed by atoms with van der Waals surface area (Å²) in [4.78, 5) is 4.73. The van der Waals surface area contributed by atoms with Crippen LogP contribution in [-0.2, 0) is 0 Å². The third-order valence-corrected chi connectivity index (χ3v) is 3.37. The molecule has 0 aromatic rings. The van der Waals surface area contributed by atoms with Gasteiger partial charge in [-0.15, -0.1) is 0 Å². The Kier molecular flexibility index (Phi) is 6.90. The predicted molar refractivity (Wildman–Crippen MR) is 76.6 cm³/mol. The van der Waals surface area contributed by atoms with Gasteiger partial charge in [0.05, 0.1) is 6.67 Å². The molecular weight excluding hydrogens is 226 g/mol. The molecule has 0 aliphatic carbocycles. The number of nitrogens with one attached hydrogen (secondary N) is 2. The molecule has 0 radical (unpaired) electrons. The molecule has 18 heavy (non-hydrogen) atoms. The van der Waals surface area contributed by atoms with E-state index < -0.39 is 0 Å². The minimum absolute atomic E-state index is 0.953. The molecule has 0 fully saturated rings. The van der Waals surface area contributed by atoms with Crippen molar-refractivity contribution in [2.45, 2.75) is 27.7 Å². The summed E-state index contributed by atoms with van der Waals surface area (Å²) in [5.41, 5.74) is 3.40. The largest absolute Gasteiger partial charge is 0.368 e. The van der Waals surface area contributed by atoms with E-state index in [-0.39, 0.29) is 0 Å². The van der Waals surface area contributed by atoms with Crippen LogP contribution in [0.2, 0.25) is 0 Å². The van der Waals surface area contributed by atoms with Gasteiger partial charge in [0, 0.05) is 32.4 Å². The summed E-state index contributed by atoms with van der Waals surface area (Å²) in [6.45, 7) is 16.1. The maximum absolute atomic E-state index is 3.47. The number of hydrogen-bond acceptors (Lipinski definition) is 5. The Labute approximate surface area is 112 Å². The molecule has 1 aliphatic heterocycles. The van der Waals surface area contributed by atoms with E-state index in [0.717, 1.165) is 51.8 Å². The van der Waals surface area contributed by atoms with Gasteiger partial charge in [0.1, 0.15) is 5.82 Å². The lowest BCUT2D eigenvalue weighted by molar-refractivity contribution is 0.110. The average molecular weight is 255 g/mol. The Morgan fingerprint density at radius 1 is 1.22 bits per heavy atom. The summed E-state index contributed by atoms with van der Waals surface area (Å²) in [5.74, 6) is 1.11. The summed E-state index contributed by atoms with van der Waals surface area (Å²) >= 11 is 0. The molecule has 0 saturated carbocycles. The van der Waals surface area contributed by atoms with Crippen LogP contribution in [0.4, 0.5) is 0 Å². The van der Waals surface area contributed by atoms with Crippen LogP contribution in [0.1, 0.15) is 27.7 Å². The molecule has 0 amide bonds. The Hall–Kier alpha value is -0.940. The summed E-state index contributed by atoms with van der Waals surface area (Å²) in [5, 5.41) is 5.69. The predicted octanol–water partition coefficient (Wildman–Crippen LogP) is 0.836. The van der Waals surface area contributed by atoms with E-state index in [4.69, 9.17) is 0 Å². The Bertz CT molecular complexity index is 250. The molecule has 1 heterocycles. The maximum atomic E-state index is 3.47. The first-order valence-corrected chi connectivity index (χ1v) is 7.17. The first kappa shape index (κ1) is 15.1. The van der Waals surface area contributed by atoms with Crippen molar-refractivity contribution in [3.05, 3.63) is 12.0 Å². The van der Waals surface area contributed by atoms with Gasteiger partial charge in [0.25, 0.3) is 0 Å². The smallest absolute Gasteiger partial charge is 0.130 e. The monoisotopic (exact) mass is 255 g/mol. The zero-order chi connectivity index (χ0) is 13.4. The minimum atomic E-state index is 0.953. The fourth-order valence-corrected chi connectivity index (χ4v) is 2.02. The maximum Gasteiger partial charge on any atom is 0.130 e. The van der Waals surface area contributed by atoms with Gasteiger partial charge in [0.15, 0.2) is 0 Å². The Morgan fingerprint density at radius 3 is 2.50 bits per heavy atom. The molecule has 1 rings (SSSR count). The lowest BCUT2D eigenvalue weighted by Gasteiger charge is -2.35. The lowest BCUT2D eigenvalue weighted by atomic mass is 10.4. The summed E-state index contributed by atoms with van der Waals surface area (Å²) in [7, 11) is 0. The van der Waals surface area contributed by atoms with Gasteiger partial charge >= 0.3 is 0 Å². The van der Waals surface area contributed by atoms with E-state index in [0.29, 0.717) is 0 Å². The van der Waals surface area contributed by atoms with E-state index in [1.54, 1.807) is 0 Å². The van der Waals surface area contributed by atoms with E-state index in [2.05, 4.69) is 59.4 Å². The fraction of sp³-hybridized carbons (Fsp3) is 0.846. The van der Waals surface area contributed by atoms with Crippen LogP contribution in [0.15, 0.2) is 12.0 Å². The first-order valence-electron chi connectivity index (χ1n) is 7.17. The molecule has 0 atom stereocenters. The van der Waals surface area contributed by atoms with Gasteiger partial charge in [0.2, 0.25) is 0 Å². The number of likely N-dealkylation sites (N-methyl/N-ethyl adjacent to an activating group) is 1. The van der Waals surface area contributed by atoms with Crippen molar-refractivity contribution in [1.29, 1.82) is 0 Å². The Morgan fingerprint density at radius 2 is 1.94 bits per heavy atom. The molecule has 5 heteroatoms. The van der Waals surface area contributed by atoms with Crippen LogP contribution in [0.25, 0.3) is 0 Å². The van der Waals surface area contributed by atoms with Gasteiger partial charge in [-0.05, 0) is 20.0 Å². The van der Waals surface area contributed by atoms with E-state index >= 15 is 0 Å². The normalized spacial score (nSPS) is 16.7. The second kappa shape index (κ2) is 8.21. The molecule has 0 aromatic heterocycles. The molecule has 0 unspecified atom stereocenters. The highest BCUT2D eigenvalue weighted by molar-refractivity contribution is 4.99. The zero-order valence-electron chi connectivity index (χ0n) is 12.4. The van der Waals surface area contributed by atoms with Crippen molar-refractivity contribution >= 4 is 0 Å². The first-order chi connectivity index (χ1) is 8.73. The highest BCUT2D eigenvalue weighted by Gasteiger charge is 2.13. The van der Waals surface area contributed by atoms with Crippen LogP contribution in [-0.4, -0.2) is 60.7 Å². The standard InChI is InChI=1S/C13H29N5/c1-5-16(6-2)10-9-14-13-11-17(7-3)12-18(8-4)15-13/h11,14-15H,5-10,12H2,1-4H3. The number of hydrazine groups is 1. The topological polar surface area (TPSA) is 33.8 Å². The van der Waals surface area contributed by atoms with Crippen molar-refractivity contribution in [1.82, 2.24) is 25.6 Å². The molecule has 5 nitrogen and oxygen atoms in total. The molecule has 1 aliphatic rings. The van der Waals surface area contributed by atoms with Crippen molar-refractivity contribution in [2.75, 3.05) is 45.9 Å². The second-order valence-corrected chi connectivity index (χ2v) is 4.51. The van der Waals surface area contributed by atoms with Gasteiger partial charge < -0.3 is 20.5 Å². The number of nitrogens with zero attached hydrogens (tertiary/aromatic N) is 3. The summed E-state index contributed by atoms with van der Waals surface area (Å²) in [6, 6.07) is 0. The number of rotatable bonds is 8. The van der Waals surface area contributed by atoms with Gasteiger partial charge in [-0.2, -0.15) is 0 Å². The zero-order valence-corrected chi connectivity index (χ0v) is 12.4. The SMILES string of the molecule is CCN1C=C(NCCN(CC)CC)NN(CC)C1. The van der Waals surface area contributed by atoms with E-state index in [1.165, 1.54) is 0 Å². The average Bonchev–Trinajstić information content (AvgIpc) is 2.43. The van der Waals surface area contributed by atoms with Gasteiger partial charge in [-0.3, -0.25) is 0 Å². The van der Waals surface area contributed by atoms with Crippen LogP contribution < -0.4 is 10.7 Å². The molecule has 0 bridgehead atoms. The second-order valence-electron chi connectivity index (χ2n) is 4.51. The highest BCUT2D eigenvalue weighted by Crippen LogP contribution is 2.02. The summed E-state index contributed by atoms with van der Waals surface area (Å²) in [6.07, 6.45) is 2.17. The van der Waals surface area contributed by atoms with Gasteiger partial charge in [-0.1, -0.05) is 20.8 Å². The highest BCUT2D eigenvalue weighted by atomic mass is 15.6. The van der Waals surface area contributed by atoms with Crippen molar-refractivity contribution in [3.8, 4) is 0 Å². The molecule has 2 N–H and O–H groups in total.